The number of hydrogen-bond donors (Lipinski definition) is 3. The molecule has 3 fully saturated rings. The number of amides is 3. The fourth-order valence-electron chi connectivity index (χ4n) is 6.98. The summed E-state index contributed by atoms with van der Waals surface area (Å²) in [6.45, 7) is 5.91. The van der Waals surface area contributed by atoms with E-state index in [2.05, 4.69) is 54.4 Å². The van der Waals surface area contributed by atoms with Gasteiger partial charge < -0.3 is 19.9 Å². The number of hydrogen-bond acceptors (Lipinski definition) is 5. The molecule has 1 unspecified atom stereocenters. The van der Waals surface area contributed by atoms with Gasteiger partial charge in [0.25, 0.3) is 0 Å². The highest BCUT2D eigenvalue weighted by molar-refractivity contribution is 6.06. The maximum atomic E-state index is 13.8. The summed E-state index contributed by atoms with van der Waals surface area (Å²) < 4.78 is 4.75. The van der Waals surface area contributed by atoms with Crippen LogP contribution < -0.4 is 5.32 Å². The standard InChI is InChI=1S/C31H45N5O3/c1-4-9-23(2)31(25-12-6-5-7-13-25)18-16-30(17-19-31)22-35(29(38)36(30)20-24-10-8-11-24)21-28(37)34-26(32)14-15-27(33)39-3/h5-7,12-15,23-24,33H,4,8-11,16-22H2,1-3H3,(H2,32,34,37)/b15-14-,33-27?. The van der Waals surface area contributed by atoms with Crippen molar-refractivity contribution < 1.29 is 14.3 Å². The molecule has 0 radical (unpaired) electrons. The van der Waals surface area contributed by atoms with Gasteiger partial charge in [0.2, 0.25) is 11.8 Å². The number of rotatable bonds is 10. The van der Waals surface area contributed by atoms with E-state index in [0.29, 0.717) is 18.4 Å². The molecule has 2 saturated carbocycles. The number of urea groups is 1. The molecule has 4 rings (SSSR count). The van der Waals surface area contributed by atoms with Gasteiger partial charge in [0.15, 0.2) is 0 Å². The van der Waals surface area contributed by atoms with Crippen LogP contribution in [0, 0.1) is 22.7 Å². The van der Waals surface area contributed by atoms with E-state index in [0.717, 1.165) is 38.6 Å². The Morgan fingerprint density at radius 1 is 1.15 bits per heavy atom. The van der Waals surface area contributed by atoms with Crippen LogP contribution in [-0.2, 0) is 14.9 Å². The Kier molecular flexibility index (Phi) is 9.13. The molecule has 0 bridgehead atoms. The van der Waals surface area contributed by atoms with Crippen LogP contribution in [0.2, 0.25) is 0 Å². The molecule has 3 N–H and O–H groups in total. The van der Waals surface area contributed by atoms with Gasteiger partial charge >= 0.3 is 6.03 Å². The minimum Gasteiger partial charge on any atom is -0.481 e. The zero-order chi connectivity index (χ0) is 28.0. The third-order valence-corrected chi connectivity index (χ3v) is 9.54. The molecule has 212 valence electrons. The molecule has 3 amide bonds. The highest BCUT2D eigenvalue weighted by Crippen LogP contribution is 2.52. The molecule has 1 aliphatic heterocycles. The first-order chi connectivity index (χ1) is 18.7. The number of nitrogens with one attached hydrogen (secondary N) is 3. The van der Waals surface area contributed by atoms with Crippen molar-refractivity contribution in [3.05, 3.63) is 48.0 Å². The van der Waals surface area contributed by atoms with Gasteiger partial charge in [-0.1, -0.05) is 63.4 Å². The van der Waals surface area contributed by atoms with E-state index >= 15 is 0 Å². The van der Waals surface area contributed by atoms with Crippen LogP contribution in [0.4, 0.5) is 4.79 Å². The quantitative estimate of drug-likeness (QED) is 0.272. The Morgan fingerprint density at radius 3 is 2.44 bits per heavy atom. The molecule has 1 aromatic carbocycles. The summed E-state index contributed by atoms with van der Waals surface area (Å²) in [5, 5.41) is 18.0. The van der Waals surface area contributed by atoms with Gasteiger partial charge in [-0.3, -0.25) is 15.6 Å². The smallest absolute Gasteiger partial charge is 0.321 e. The summed E-state index contributed by atoms with van der Waals surface area (Å²) in [7, 11) is 1.37. The average Bonchev–Trinajstić information content (AvgIpc) is 3.15. The van der Waals surface area contributed by atoms with Crippen molar-refractivity contribution in [2.75, 3.05) is 26.7 Å². The molecule has 8 nitrogen and oxygen atoms in total. The second-order valence-corrected chi connectivity index (χ2v) is 11.8. The molecule has 1 heterocycles. The van der Waals surface area contributed by atoms with Crippen molar-refractivity contribution in [2.24, 2.45) is 11.8 Å². The van der Waals surface area contributed by atoms with E-state index in [-0.39, 0.29) is 35.3 Å². The Labute approximate surface area is 233 Å². The first-order valence-electron chi connectivity index (χ1n) is 14.5. The zero-order valence-electron chi connectivity index (χ0n) is 23.8. The van der Waals surface area contributed by atoms with Crippen LogP contribution in [0.15, 0.2) is 42.5 Å². The molecule has 1 spiro atoms. The van der Waals surface area contributed by atoms with Gasteiger partial charge in [0.1, 0.15) is 12.4 Å². The Balaban J connectivity index is 1.50. The second-order valence-electron chi connectivity index (χ2n) is 11.8. The summed E-state index contributed by atoms with van der Waals surface area (Å²) >= 11 is 0. The maximum Gasteiger partial charge on any atom is 0.321 e. The molecule has 0 aromatic heterocycles. The van der Waals surface area contributed by atoms with Gasteiger partial charge in [-0.2, -0.15) is 0 Å². The predicted molar refractivity (Wildman–Crippen MR) is 154 cm³/mol. The Morgan fingerprint density at radius 2 is 1.85 bits per heavy atom. The predicted octanol–water partition coefficient (Wildman–Crippen LogP) is 5.48. The minimum atomic E-state index is -0.395. The maximum absolute atomic E-state index is 13.8. The van der Waals surface area contributed by atoms with Crippen molar-refractivity contribution in [2.45, 2.75) is 82.6 Å². The molecular formula is C31H45N5O3. The molecule has 1 aromatic rings. The molecule has 1 saturated heterocycles. The Bertz CT molecular complexity index is 1070. The average molecular weight is 536 g/mol. The summed E-state index contributed by atoms with van der Waals surface area (Å²) in [6.07, 6.45) is 12.5. The molecule has 8 heteroatoms. The number of benzene rings is 1. The van der Waals surface area contributed by atoms with Gasteiger partial charge in [0, 0.05) is 19.2 Å². The van der Waals surface area contributed by atoms with Crippen molar-refractivity contribution in [1.82, 2.24) is 15.1 Å². The Hall–Kier alpha value is -3.16. The highest BCUT2D eigenvalue weighted by atomic mass is 16.5. The van der Waals surface area contributed by atoms with Crippen LogP contribution in [0.1, 0.15) is 77.2 Å². The van der Waals surface area contributed by atoms with E-state index in [1.165, 1.54) is 50.5 Å². The van der Waals surface area contributed by atoms with Crippen LogP contribution in [0.5, 0.6) is 0 Å². The molecule has 3 aliphatic rings. The van der Waals surface area contributed by atoms with Crippen molar-refractivity contribution in [3.63, 3.8) is 0 Å². The second kappa shape index (κ2) is 12.3. The normalized spacial score (nSPS) is 26.1. The van der Waals surface area contributed by atoms with Crippen LogP contribution >= 0.6 is 0 Å². The summed E-state index contributed by atoms with van der Waals surface area (Å²) in [5.41, 5.74) is 1.27. The summed E-state index contributed by atoms with van der Waals surface area (Å²) in [5.74, 6) is 0.474. The third kappa shape index (κ3) is 6.20. The number of amidine groups is 1. The van der Waals surface area contributed by atoms with Crippen molar-refractivity contribution in [3.8, 4) is 0 Å². The van der Waals surface area contributed by atoms with E-state index in [4.69, 9.17) is 15.6 Å². The fourth-order valence-corrected chi connectivity index (χ4v) is 6.98. The third-order valence-electron chi connectivity index (χ3n) is 9.54. The number of ether oxygens (including phenoxy) is 1. The van der Waals surface area contributed by atoms with Gasteiger partial charge in [-0.15, -0.1) is 0 Å². The number of carbonyl (C=O) groups is 2. The lowest BCUT2D eigenvalue weighted by Gasteiger charge is -2.51. The first kappa shape index (κ1) is 28.8. The van der Waals surface area contributed by atoms with E-state index in [1.54, 1.807) is 4.90 Å². The number of methoxy groups -OCH3 is 1. The van der Waals surface area contributed by atoms with Gasteiger partial charge in [0.05, 0.1) is 12.6 Å². The van der Waals surface area contributed by atoms with E-state index in [1.807, 2.05) is 0 Å². The van der Waals surface area contributed by atoms with Gasteiger partial charge in [-0.25, -0.2) is 4.79 Å². The molecule has 2 aliphatic carbocycles. The van der Waals surface area contributed by atoms with Crippen LogP contribution in [0.25, 0.3) is 0 Å². The summed E-state index contributed by atoms with van der Waals surface area (Å²) in [4.78, 5) is 30.4. The SMILES string of the molecule is CCCC(C)C1(c2ccccc2)CCC2(CC1)CN(CC(=O)NC(=N)/C=C\C(=N)OC)C(=O)N2CC1CCC1. The molecule has 39 heavy (non-hydrogen) atoms. The zero-order valence-corrected chi connectivity index (χ0v) is 23.8. The van der Waals surface area contributed by atoms with Gasteiger partial charge in [-0.05, 0) is 67.4 Å². The minimum absolute atomic E-state index is 0.0471. The monoisotopic (exact) mass is 535 g/mol. The summed E-state index contributed by atoms with van der Waals surface area (Å²) in [6, 6.07) is 10.9. The molecular weight excluding hydrogens is 490 g/mol. The van der Waals surface area contributed by atoms with E-state index < -0.39 is 5.91 Å². The topological polar surface area (TPSA) is 110 Å². The van der Waals surface area contributed by atoms with Crippen molar-refractivity contribution >= 4 is 23.7 Å². The number of carbonyl (C=O) groups excluding carboxylic acids is 2. The highest BCUT2D eigenvalue weighted by Gasteiger charge is 2.55. The largest absolute Gasteiger partial charge is 0.481 e. The first-order valence-corrected chi connectivity index (χ1v) is 14.5. The number of nitrogens with zero attached hydrogens (tertiary/aromatic N) is 2. The lowest BCUT2D eigenvalue weighted by atomic mass is 9.58. The van der Waals surface area contributed by atoms with Crippen LogP contribution in [0.3, 0.4) is 0 Å². The molecule has 1 atom stereocenters. The van der Waals surface area contributed by atoms with E-state index in [9.17, 15) is 9.59 Å². The lowest BCUT2D eigenvalue weighted by molar-refractivity contribution is -0.120. The fraction of sp³-hybridized carbons (Fsp3) is 0.613. The van der Waals surface area contributed by atoms with Crippen molar-refractivity contribution in [1.29, 1.82) is 10.8 Å². The van der Waals surface area contributed by atoms with Crippen LogP contribution in [-0.4, -0.2) is 65.8 Å². The lowest BCUT2D eigenvalue weighted by Crippen LogP contribution is -2.55.